The first kappa shape index (κ1) is 11.3. The van der Waals surface area contributed by atoms with Crippen LogP contribution in [0.4, 0.5) is 0 Å². The maximum absolute atomic E-state index is 10.5. The number of nitrogens with zero attached hydrogens (tertiary/aromatic N) is 1. The van der Waals surface area contributed by atoms with Gasteiger partial charge in [-0.15, -0.1) is 0 Å². The summed E-state index contributed by atoms with van der Waals surface area (Å²) in [5, 5.41) is 10.4. The smallest absolute Gasteiger partial charge is 0.235 e. The number of benzene rings is 1. The number of carbonyl (C=O) groups excluding carboxylic acids is 1. The number of aliphatic hydroxyl groups is 1. The number of hydrogen-bond acceptors (Lipinski definition) is 3. The van der Waals surface area contributed by atoms with E-state index in [1.54, 1.807) is 25.1 Å². The Morgan fingerprint density at radius 2 is 2.19 bits per heavy atom. The molecule has 0 unspecified atom stereocenters. The van der Waals surface area contributed by atoms with E-state index in [-0.39, 0.29) is 0 Å². The molecule has 84 valence electrons. The minimum Gasteiger partial charge on any atom is -0.390 e. The van der Waals surface area contributed by atoms with Crippen molar-refractivity contribution in [1.82, 2.24) is 0 Å². The highest BCUT2D eigenvalue weighted by atomic mass is 35.5. The monoisotopic (exact) mass is 237 g/mol. The van der Waals surface area contributed by atoms with Gasteiger partial charge in [0.2, 0.25) is 6.08 Å². The summed E-state index contributed by atoms with van der Waals surface area (Å²) in [4.78, 5) is 14.3. The molecular weight excluding hydrogens is 226 g/mol. The maximum Gasteiger partial charge on any atom is 0.235 e. The fraction of sp³-hybridized carbons (Fsp3) is 0.417. The number of aliphatic imine (C=N–C) groups is 1. The molecule has 1 aliphatic rings. The Morgan fingerprint density at radius 3 is 2.69 bits per heavy atom. The number of halogens is 1. The lowest BCUT2D eigenvalue weighted by atomic mass is 9.63. The second-order valence-corrected chi connectivity index (χ2v) is 5.03. The van der Waals surface area contributed by atoms with Crippen molar-refractivity contribution in [3.63, 3.8) is 0 Å². The molecule has 2 rings (SSSR count). The zero-order chi connectivity index (χ0) is 11.8. The molecular formula is C12H12ClNO2. The first-order valence-electron chi connectivity index (χ1n) is 5.05. The lowest BCUT2D eigenvalue weighted by Crippen LogP contribution is -2.51. The summed E-state index contributed by atoms with van der Waals surface area (Å²) in [7, 11) is 0. The average Bonchev–Trinajstić information content (AvgIpc) is 2.15. The van der Waals surface area contributed by atoms with Gasteiger partial charge in [0.15, 0.2) is 0 Å². The topological polar surface area (TPSA) is 49.7 Å². The Balaban J connectivity index is 2.39. The predicted molar refractivity (Wildman–Crippen MR) is 61.1 cm³/mol. The summed E-state index contributed by atoms with van der Waals surface area (Å²) >= 11 is 5.90. The fourth-order valence-electron chi connectivity index (χ4n) is 2.42. The highest BCUT2D eigenvalue weighted by Gasteiger charge is 2.52. The second kappa shape index (κ2) is 3.70. The molecule has 0 radical (unpaired) electrons. The molecule has 0 amide bonds. The van der Waals surface area contributed by atoms with E-state index in [0.717, 1.165) is 5.56 Å². The van der Waals surface area contributed by atoms with Gasteiger partial charge in [0, 0.05) is 17.9 Å². The Morgan fingerprint density at radius 1 is 1.50 bits per heavy atom. The Kier molecular flexibility index (Phi) is 2.62. The van der Waals surface area contributed by atoms with Crippen molar-refractivity contribution >= 4 is 17.7 Å². The Bertz CT molecular complexity index is 456. The van der Waals surface area contributed by atoms with Crippen LogP contribution in [0.5, 0.6) is 0 Å². The van der Waals surface area contributed by atoms with Crippen LogP contribution in [0.1, 0.15) is 25.3 Å². The van der Waals surface area contributed by atoms with Crippen molar-refractivity contribution < 1.29 is 9.90 Å². The molecule has 1 fully saturated rings. The van der Waals surface area contributed by atoms with Crippen LogP contribution in [0.3, 0.4) is 0 Å². The molecule has 3 nitrogen and oxygen atoms in total. The van der Waals surface area contributed by atoms with Gasteiger partial charge in [-0.2, -0.15) is 4.99 Å². The first-order valence-corrected chi connectivity index (χ1v) is 5.43. The standard InChI is InChI=1S/C12H12ClNO2/c1-11(16)6-12(7-11,14-8-15)9-3-2-4-10(13)5-9/h2-5,16H,6-7H2,1H3. The van der Waals surface area contributed by atoms with E-state index in [1.165, 1.54) is 0 Å². The van der Waals surface area contributed by atoms with Crippen molar-refractivity contribution in [2.75, 3.05) is 0 Å². The van der Waals surface area contributed by atoms with Crippen molar-refractivity contribution in [1.29, 1.82) is 0 Å². The molecule has 1 aromatic carbocycles. The summed E-state index contributed by atoms with van der Waals surface area (Å²) in [6.45, 7) is 1.73. The van der Waals surface area contributed by atoms with Crippen molar-refractivity contribution in [3.05, 3.63) is 34.9 Å². The summed E-state index contributed by atoms with van der Waals surface area (Å²) in [5.74, 6) is 0. The summed E-state index contributed by atoms with van der Waals surface area (Å²) in [6, 6.07) is 7.21. The molecule has 4 heteroatoms. The van der Waals surface area contributed by atoms with Gasteiger partial charge in [-0.25, -0.2) is 4.79 Å². The molecule has 0 heterocycles. The Hall–Kier alpha value is -1.15. The quantitative estimate of drug-likeness (QED) is 0.634. The van der Waals surface area contributed by atoms with Crippen LogP contribution in [-0.2, 0) is 10.3 Å². The largest absolute Gasteiger partial charge is 0.390 e. The lowest BCUT2D eigenvalue weighted by Gasteiger charge is -2.48. The van der Waals surface area contributed by atoms with E-state index in [2.05, 4.69) is 4.99 Å². The van der Waals surface area contributed by atoms with Crippen LogP contribution < -0.4 is 0 Å². The second-order valence-electron chi connectivity index (χ2n) is 4.60. The van der Waals surface area contributed by atoms with E-state index >= 15 is 0 Å². The van der Waals surface area contributed by atoms with Crippen molar-refractivity contribution in [2.24, 2.45) is 4.99 Å². The molecule has 0 spiro atoms. The molecule has 1 saturated carbocycles. The SMILES string of the molecule is CC1(O)CC(N=C=O)(c2cccc(Cl)c2)C1. The minimum absolute atomic E-state index is 0.426. The van der Waals surface area contributed by atoms with Gasteiger partial charge in [0.25, 0.3) is 0 Å². The van der Waals surface area contributed by atoms with Gasteiger partial charge in [0.05, 0.1) is 5.60 Å². The van der Waals surface area contributed by atoms with Gasteiger partial charge >= 0.3 is 0 Å². The van der Waals surface area contributed by atoms with Gasteiger partial charge in [-0.1, -0.05) is 23.7 Å². The normalized spacial score (nSPS) is 32.7. The molecule has 1 N–H and O–H groups in total. The summed E-state index contributed by atoms with van der Waals surface area (Å²) < 4.78 is 0. The lowest BCUT2D eigenvalue weighted by molar-refractivity contribution is -0.0727. The molecule has 0 aliphatic heterocycles. The highest BCUT2D eigenvalue weighted by molar-refractivity contribution is 6.30. The van der Waals surface area contributed by atoms with Gasteiger partial charge in [-0.3, -0.25) is 0 Å². The molecule has 0 bridgehead atoms. The van der Waals surface area contributed by atoms with Crippen LogP contribution in [0, 0.1) is 0 Å². The predicted octanol–water partition coefficient (Wildman–Crippen LogP) is 2.42. The fourth-order valence-corrected chi connectivity index (χ4v) is 2.61. The van der Waals surface area contributed by atoms with Crippen molar-refractivity contribution in [2.45, 2.75) is 30.9 Å². The third-order valence-corrected chi connectivity index (χ3v) is 3.20. The third-order valence-electron chi connectivity index (χ3n) is 2.97. The number of isocyanates is 1. The van der Waals surface area contributed by atoms with Crippen molar-refractivity contribution in [3.8, 4) is 0 Å². The zero-order valence-electron chi connectivity index (χ0n) is 8.90. The number of rotatable bonds is 2. The van der Waals surface area contributed by atoms with Crippen LogP contribution in [0.2, 0.25) is 5.02 Å². The van der Waals surface area contributed by atoms with Crippen LogP contribution in [-0.4, -0.2) is 16.8 Å². The number of hydrogen-bond donors (Lipinski definition) is 1. The molecule has 16 heavy (non-hydrogen) atoms. The highest BCUT2D eigenvalue weighted by Crippen LogP contribution is 2.51. The van der Waals surface area contributed by atoms with E-state index in [9.17, 15) is 9.90 Å². The summed E-state index contributed by atoms with van der Waals surface area (Å²) in [5.41, 5.74) is -0.548. The molecule has 0 atom stereocenters. The van der Waals surface area contributed by atoms with Gasteiger partial charge in [0.1, 0.15) is 5.54 Å². The van der Waals surface area contributed by atoms with Crippen LogP contribution in [0.15, 0.2) is 29.3 Å². The average molecular weight is 238 g/mol. The molecule has 1 aliphatic carbocycles. The van der Waals surface area contributed by atoms with Gasteiger partial charge in [-0.05, 0) is 24.6 Å². The minimum atomic E-state index is -0.761. The van der Waals surface area contributed by atoms with E-state index in [1.807, 2.05) is 12.1 Å². The first-order chi connectivity index (χ1) is 7.47. The maximum atomic E-state index is 10.5. The third kappa shape index (κ3) is 1.90. The van der Waals surface area contributed by atoms with Crippen LogP contribution in [0.25, 0.3) is 0 Å². The zero-order valence-corrected chi connectivity index (χ0v) is 9.66. The van der Waals surface area contributed by atoms with Crippen LogP contribution >= 0.6 is 11.6 Å². The summed E-state index contributed by atoms with van der Waals surface area (Å²) in [6.07, 6.45) is 2.44. The van der Waals surface area contributed by atoms with E-state index in [4.69, 9.17) is 11.6 Å². The van der Waals surface area contributed by atoms with E-state index < -0.39 is 11.1 Å². The molecule has 0 aromatic heterocycles. The molecule has 1 aromatic rings. The van der Waals surface area contributed by atoms with E-state index in [0.29, 0.717) is 17.9 Å². The molecule has 0 saturated heterocycles. The Labute approximate surface area is 98.8 Å². The van der Waals surface area contributed by atoms with Gasteiger partial charge < -0.3 is 5.11 Å².